The van der Waals surface area contributed by atoms with Crippen molar-refractivity contribution in [3.05, 3.63) is 72.4 Å². The zero-order valence-corrected chi connectivity index (χ0v) is 21.7. The van der Waals surface area contributed by atoms with Crippen LogP contribution in [-0.2, 0) is 4.79 Å². The number of hydrogen-bond donors (Lipinski definition) is 2. The summed E-state index contributed by atoms with van der Waals surface area (Å²) in [7, 11) is 3.12. The number of methoxy groups -OCH3 is 2. The van der Waals surface area contributed by atoms with E-state index in [-0.39, 0.29) is 12.5 Å². The largest absolute Gasteiger partial charge is 0.493 e. The second-order valence-electron chi connectivity index (χ2n) is 9.12. The molecule has 2 N–H and O–H groups in total. The van der Waals surface area contributed by atoms with Crippen LogP contribution in [-0.4, -0.2) is 38.3 Å². The highest BCUT2D eigenvalue weighted by molar-refractivity contribution is 5.97. The van der Waals surface area contributed by atoms with Crippen LogP contribution in [0, 0.1) is 17.2 Å². The predicted octanol–water partition coefficient (Wildman–Crippen LogP) is 5.56. The van der Waals surface area contributed by atoms with Gasteiger partial charge in [-0.3, -0.25) is 9.78 Å². The summed E-state index contributed by atoms with van der Waals surface area (Å²) < 4.78 is 22.6. The number of nitrogens with zero attached hydrogens (tertiary/aromatic N) is 2. The summed E-state index contributed by atoms with van der Waals surface area (Å²) in [4.78, 5) is 16.5. The van der Waals surface area contributed by atoms with E-state index < -0.39 is 0 Å². The van der Waals surface area contributed by atoms with Gasteiger partial charge in [-0.15, -0.1) is 0 Å². The van der Waals surface area contributed by atoms with Gasteiger partial charge in [0.1, 0.15) is 11.8 Å². The van der Waals surface area contributed by atoms with Gasteiger partial charge in [-0.05, 0) is 61.2 Å². The van der Waals surface area contributed by atoms with E-state index in [0.29, 0.717) is 58.0 Å². The van der Waals surface area contributed by atoms with Gasteiger partial charge in [0.15, 0.2) is 29.6 Å². The highest BCUT2D eigenvalue weighted by atomic mass is 16.5. The Morgan fingerprint density at radius 3 is 2.41 bits per heavy atom. The van der Waals surface area contributed by atoms with E-state index in [4.69, 9.17) is 18.9 Å². The average Bonchev–Trinajstić information content (AvgIpc) is 3.80. The van der Waals surface area contributed by atoms with Crippen LogP contribution in [0.5, 0.6) is 28.7 Å². The number of anilines is 2. The van der Waals surface area contributed by atoms with E-state index in [2.05, 4.69) is 21.7 Å². The number of amides is 1. The van der Waals surface area contributed by atoms with Gasteiger partial charge in [0.2, 0.25) is 0 Å². The molecule has 1 fully saturated rings. The van der Waals surface area contributed by atoms with Crippen LogP contribution in [0.25, 0.3) is 10.9 Å². The zero-order valence-electron chi connectivity index (χ0n) is 21.7. The molecule has 1 aliphatic carbocycles. The molecule has 4 aromatic rings. The lowest BCUT2D eigenvalue weighted by molar-refractivity contribution is -0.123. The first-order valence-corrected chi connectivity index (χ1v) is 12.6. The third-order valence-electron chi connectivity index (χ3n) is 6.34. The fraction of sp³-hybridized carbons (Fsp3) is 0.233. The Morgan fingerprint density at radius 2 is 1.72 bits per heavy atom. The van der Waals surface area contributed by atoms with E-state index in [9.17, 15) is 10.1 Å². The van der Waals surface area contributed by atoms with Gasteiger partial charge < -0.3 is 29.6 Å². The Hall–Kier alpha value is -4.97. The topological polar surface area (TPSA) is 115 Å². The summed E-state index contributed by atoms with van der Waals surface area (Å²) in [6, 6.07) is 20.3. The summed E-state index contributed by atoms with van der Waals surface area (Å²) in [5, 5.41) is 16.7. The minimum atomic E-state index is -0.149. The monoisotopic (exact) mass is 524 g/mol. The van der Waals surface area contributed by atoms with E-state index in [1.807, 2.05) is 24.3 Å². The highest BCUT2D eigenvalue weighted by Gasteiger charge is 2.21. The second-order valence-corrected chi connectivity index (χ2v) is 9.12. The van der Waals surface area contributed by atoms with Gasteiger partial charge in [-0.2, -0.15) is 5.26 Å². The fourth-order valence-corrected chi connectivity index (χ4v) is 4.04. The summed E-state index contributed by atoms with van der Waals surface area (Å²) in [5.74, 6) is 3.11. The molecule has 0 aliphatic heterocycles. The first-order chi connectivity index (χ1) is 19.1. The molecule has 9 nitrogen and oxygen atoms in total. The molecule has 1 aliphatic rings. The predicted molar refractivity (Wildman–Crippen MR) is 147 cm³/mol. The van der Waals surface area contributed by atoms with Crippen molar-refractivity contribution in [2.45, 2.75) is 12.8 Å². The van der Waals surface area contributed by atoms with Crippen molar-refractivity contribution >= 4 is 28.2 Å². The molecule has 5 rings (SSSR count). The summed E-state index contributed by atoms with van der Waals surface area (Å²) in [6.45, 7) is 0.626. The lowest BCUT2D eigenvalue weighted by Crippen LogP contribution is -2.30. The quantitative estimate of drug-likeness (QED) is 0.262. The highest BCUT2D eigenvalue weighted by Crippen LogP contribution is 2.37. The molecular formula is C30H28N4O5. The van der Waals surface area contributed by atoms with Crippen molar-refractivity contribution in [1.29, 1.82) is 5.26 Å². The Labute approximate surface area is 226 Å². The number of aromatic nitrogens is 1. The van der Waals surface area contributed by atoms with Crippen LogP contribution >= 0.6 is 0 Å². The minimum absolute atomic E-state index is 0.0757. The molecule has 1 aromatic heterocycles. The van der Waals surface area contributed by atoms with Crippen molar-refractivity contribution in [3.63, 3.8) is 0 Å². The molecule has 0 bridgehead atoms. The second kappa shape index (κ2) is 11.6. The van der Waals surface area contributed by atoms with Crippen LogP contribution in [0.3, 0.4) is 0 Å². The Kier molecular flexibility index (Phi) is 7.64. The molecule has 0 radical (unpaired) electrons. The maximum atomic E-state index is 12.1. The molecule has 3 aromatic carbocycles. The van der Waals surface area contributed by atoms with E-state index in [1.54, 1.807) is 50.6 Å². The number of benzene rings is 3. The molecule has 0 unspecified atom stereocenters. The molecule has 1 heterocycles. The van der Waals surface area contributed by atoms with Gasteiger partial charge in [0.25, 0.3) is 5.91 Å². The number of nitriles is 1. The maximum absolute atomic E-state index is 12.1. The number of pyridine rings is 1. The molecule has 0 atom stereocenters. The molecule has 0 spiro atoms. The first-order valence-electron chi connectivity index (χ1n) is 12.6. The SMILES string of the molecule is COc1cc2ncc(C#N)c(Nc3ccc(Oc4ccccc4OCC(=O)NCC4CC4)cc3)c2cc1OC. The number of para-hydroxylation sites is 2. The number of carbonyl (C=O) groups excluding carboxylic acids is 1. The first kappa shape index (κ1) is 25.7. The number of carbonyl (C=O) groups is 1. The smallest absolute Gasteiger partial charge is 0.257 e. The lowest BCUT2D eigenvalue weighted by atomic mass is 10.1. The minimum Gasteiger partial charge on any atom is -0.493 e. The third-order valence-corrected chi connectivity index (χ3v) is 6.34. The van der Waals surface area contributed by atoms with Gasteiger partial charge in [0.05, 0.1) is 31.0 Å². The third kappa shape index (κ3) is 6.13. The Balaban J connectivity index is 1.31. The molecule has 0 saturated heterocycles. The number of nitrogens with one attached hydrogen (secondary N) is 2. The van der Waals surface area contributed by atoms with Crippen molar-refractivity contribution < 1.29 is 23.7 Å². The van der Waals surface area contributed by atoms with Crippen LogP contribution < -0.4 is 29.6 Å². The van der Waals surface area contributed by atoms with Gasteiger partial charge in [0, 0.05) is 29.9 Å². The van der Waals surface area contributed by atoms with Crippen LogP contribution in [0.1, 0.15) is 18.4 Å². The summed E-state index contributed by atoms with van der Waals surface area (Å²) >= 11 is 0. The Morgan fingerprint density at radius 1 is 1.00 bits per heavy atom. The molecule has 198 valence electrons. The number of ether oxygens (including phenoxy) is 4. The molecule has 9 heteroatoms. The average molecular weight is 525 g/mol. The van der Waals surface area contributed by atoms with E-state index in [1.165, 1.54) is 19.0 Å². The van der Waals surface area contributed by atoms with Gasteiger partial charge in [-0.1, -0.05) is 12.1 Å². The Bertz CT molecular complexity index is 1530. The molecule has 39 heavy (non-hydrogen) atoms. The lowest BCUT2D eigenvalue weighted by Gasteiger charge is -2.15. The van der Waals surface area contributed by atoms with Crippen LogP contribution in [0.2, 0.25) is 0 Å². The van der Waals surface area contributed by atoms with Crippen molar-refractivity contribution in [3.8, 4) is 34.8 Å². The van der Waals surface area contributed by atoms with Crippen molar-refractivity contribution in [1.82, 2.24) is 10.3 Å². The maximum Gasteiger partial charge on any atom is 0.257 e. The number of rotatable bonds is 11. The van der Waals surface area contributed by atoms with Gasteiger partial charge >= 0.3 is 0 Å². The van der Waals surface area contributed by atoms with Crippen LogP contribution in [0.4, 0.5) is 11.4 Å². The fourth-order valence-electron chi connectivity index (χ4n) is 4.04. The number of hydrogen-bond acceptors (Lipinski definition) is 8. The normalized spacial score (nSPS) is 12.3. The standard InChI is InChI=1S/C30H28N4O5/c1-36-27-13-23-24(14-28(27)37-2)32-17-20(15-31)30(23)34-21-9-11-22(12-10-21)39-26-6-4-3-5-25(26)38-18-29(35)33-16-19-7-8-19/h3-6,9-14,17,19H,7-8,16,18H2,1-2H3,(H,32,34)(H,33,35). The van der Waals surface area contributed by atoms with E-state index in [0.717, 1.165) is 11.1 Å². The summed E-state index contributed by atoms with van der Waals surface area (Å²) in [6.07, 6.45) is 3.88. The zero-order chi connectivity index (χ0) is 27.2. The summed E-state index contributed by atoms with van der Waals surface area (Å²) in [5.41, 5.74) is 2.41. The van der Waals surface area contributed by atoms with Crippen LogP contribution in [0.15, 0.2) is 66.9 Å². The molecule has 1 amide bonds. The van der Waals surface area contributed by atoms with Crippen molar-refractivity contribution in [2.75, 3.05) is 32.7 Å². The van der Waals surface area contributed by atoms with E-state index >= 15 is 0 Å². The molecule has 1 saturated carbocycles. The van der Waals surface area contributed by atoms with Crippen molar-refractivity contribution in [2.24, 2.45) is 5.92 Å². The van der Waals surface area contributed by atoms with Gasteiger partial charge in [-0.25, -0.2) is 0 Å². The molecular weight excluding hydrogens is 496 g/mol. The number of fused-ring (bicyclic) bond motifs is 1.